The molecule has 0 atom stereocenters. The van der Waals surface area contributed by atoms with E-state index in [2.05, 4.69) is 22.1 Å². The van der Waals surface area contributed by atoms with Crippen molar-refractivity contribution in [1.29, 1.82) is 0 Å². The van der Waals surface area contributed by atoms with E-state index < -0.39 is 5.97 Å². The van der Waals surface area contributed by atoms with Gasteiger partial charge in [-0.15, -0.1) is 16.8 Å². The highest BCUT2D eigenvalue weighted by Crippen LogP contribution is 2.20. The lowest BCUT2D eigenvalue weighted by molar-refractivity contribution is -0.113. The molecule has 9 heteroatoms. The molecule has 0 aliphatic heterocycles. The maximum absolute atomic E-state index is 12.5. The number of thioether (sulfide) groups is 1. The van der Waals surface area contributed by atoms with Crippen LogP contribution in [0.4, 0.5) is 5.69 Å². The summed E-state index contributed by atoms with van der Waals surface area (Å²) in [5.41, 5.74) is 2.05. The van der Waals surface area contributed by atoms with Crippen LogP contribution >= 0.6 is 11.8 Å². The molecule has 0 spiro atoms. The predicted molar refractivity (Wildman–Crippen MR) is 132 cm³/mol. The van der Waals surface area contributed by atoms with Gasteiger partial charge in [-0.25, -0.2) is 4.79 Å². The van der Waals surface area contributed by atoms with Crippen LogP contribution in [0.15, 0.2) is 66.3 Å². The number of nitrogens with one attached hydrogen (secondary N) is 1. The van der Waals surface area contributed by atoms with Crippen molar-refractivity contribution in [3.63, 3.8) is 0 Å². The predicted octanol–water partition coefficient (Wildman–Crippen LogP) is 4.65. The summed E-state index contributed by atoms with van der Waals surface area (Å²) in [4.78, 5) is 24.6. The minimum absolute atomic E-state index is 0.120. The topological polar surface area (TPSA) is 95.3 Å². The number of esters is 1. The Bertz CT molecular complexity index is 1140. The van der Waals surface area contributed by atoms with Crippen LogP contribution in [0.5, 0.6) is 5.75 Å². The van der Waals surface area contributed by atoms with Crippen LogP contribution in [-0.4, -0.2) is 38.5 Å². The molecule has 0 aliphatic rings. The van der Waals surface area contributed by atoms with Gasteiger partial charge < -0.3 is 14.8 Å². The van der Waals surface area contributed by atoms with Crippen LogP contribution in [0.1, 0.15) is 35.6 Å². The van der Waals surface area contributed by atoms with E-state index in [1.165, 1.54) is 11.8 Å². The fourth-order valence-corrected chi connectivity index (χ4v) is 3.73. The van der Waals surface area contributed by atoms with Gasteiger partial charge in [-0.2, -0.15) is 0 Å². The second-order valence-corrected chi connectivity index (χ2v) is 8.71. The monoisotopic (exact) mass is 480 g/mol. The number of carbonyl (C=O) groups is 2. The Morgan fingerprint density at radius 2 is 1.94 bits per heavy atom. The van der Waals surface area contributed by atoms with E-state index in [0.29, 0.717) is 28.8 Å². The second-order valence-electron chi connectivity index (χ2n) is 7.77. The highest BCUT2D eigenvalue weighted by atomic mass is 32.2. The first kappa shape index (κ1) is 25.0. The van der Waals surface area contributed by atoms with Crippen LogP contribution in [-0.2, 0) is 22.7 Å². The number of nitrogens with zero attached hydrogens (tertiary/aromatic N) is 3. The summed E-state index contributed by atoms with van der Waals surface area (Å²) < 4.78 is 12.9. The molecule has 0 saturated heterocycles. The molecule has 3 aromatic rings. The quantitative estimate of drug-likeness (QED) is 0.242. The Kier molecular flexibility index (Phi) is 8.86. The zero-order valence-corrected chi connectivity index (χ0v) is 20.3. The van der Waals surface area contributed by atoms with Crippen LogP contribution in [0, 0.1) is 6.92 Å². The number of hydrogen-bond donors (Lipinski definition) is 1. The minimum atomic E-state index is -0.432. The third-order valence-electron chi connectivity index (χ3n) is 4.55. The number of aryl methyl sites for hydroxylation is 1. The van der Waals surface area contributed by atoms with Gasteiger partial charge in [0.2, 0.25) is 5.91 Å². The van der Waals surface area contributed by atoms with E-state index in [4.69, 9.17) is 9.47 Å². The van der Waals surface area contributed by atoms with Crippen LogP contribution in [0.25, 0.3) is 0 Å². The summed E-state index contributed by atoms with van der Waals surface area (Å²) in [6, 6.07) is 14.4. The Labute approximate surface area is 203 Å². The number of amides is 1. The number of rotatable bonds is 11. The van der Waals surface area contributed by atoms with Gasteiger partial charge >= 0.3 is 5.97 Å². The van der Waals surface area contributed by atoms with E-state index in [1.807, 2.05) is 35.8 Å². The molecular formula is C25H28N4O4S. The molecule has 178 valence electrons. The number of hydrogen-bond acceptors (Lipinski definition) is 7. The number of carbonyl (C=O) groups excluding carboxylic acids is 2. The zero-order valence-electron chi connectivity index (χ0n) is 19.5. The van der Waals surface area contributed by atoms with Gasteiger partial charge in [0.1, 0.15) is 12.4 Å². The Morgan fingerprint density at radius 1 is 1.18 bits per heavy atom. The molecule has 0 fully saturated rings. The van der Waals surface area contributed by atoms with E-state index in [9.17, 15) is 9.59 Å². The van der Waals surface area contributed by atoms with Crippen LogP contribution < -0.4 is 10.1 Å². The fraction of sp³-hybridized carbons (Fsp3) is 0.280. The molecular weight excluding hydrogens is 452 g/mol. The number of allylic oxidation sites excluding steroid dienone is 1. The minimum Gasteiger partial charge on any atom is -0.486 e. The number of benzene rings is 2. The molecule has 0 saturated carbocycles. The van der Waals surface area contributed by atoms with Crippen molar-refractivity contribution in [2.75, 3.05) is 11.1 Å². The Balaban J connectivity index is 1.59. The molecule has 0 radical (unpaired) electrons. The standard InChI is InChI=1S/C25H28N4O4S/c1-5-13-29-22(15-32-21-11-9-18(4)10-12-21)27-28-25(29)34-16-23(30)26-20-8-6-7-19(14-20)24(31)33-17(2)3/h5-12,14,17H,1,13,15-16H2,2-4H3,(H,26,30). The molecule has 8 nitrogen and oxygen atoms in total. The molecule has 1 aromatic heterocycles. The molecule has 1 N–H and O–H groups in total. The fourth-order valence-electron chi connectivity index (χ4n) is 2.96. The molecule has 2 aromatic carbocycles. The van der Waals surface area contributed by atoms with Gasteiger partial charge in [0, 0.05) is 12.2 Å². The molecule has 1 heterocycles. The summed E-state index contributed by atoms with van der Waals surface area (Å²) in [5.74, 6) is 0.837. The highest BCUT2D eigenvalue weighted by Gasteiger charge is 2.15. The van der Waals surface area contributed by atoms with E-state index in [1.54, 1.807) is 44.2 Å². The molecule has 0 bridgehead atoms. The van der Waals surface area contributed by atoms with E-state index in [-0.39, 0.29) is 24.4 Å². The maximum atomic E-state index is 12.5. The van der Waals surface area contributed by atoms with E-state index in [0.717, 1.165) is 11.3 Å². The van der Waals surface area contributed by atoms with Gasteiger partial charge in [-0.05, 0) is 51.1 Å². The Hall–Kier alpha value is -3.59. The number of anilines is 1. The van der Waals surface area contributed by atoms with Crippen molar-refractivity contribution < 1.29 is 19.1 Å². The van der Waals surface area contributed by atoms with Gasteiger partial charge in [-0.3, -0.25) is 9.36 Å². The van der Waals surface area contributed by atoms with Crippen molar-refractivity contribution >= 4 is 29.3 Å². The van der Waals surface area contributed by atoms with Crippen molar-refractivity contribution in [3.8, 4) is 5.75 Å². The largest absolute Gasteiger partial charge is 0.486 e. The van der Waals surface area contributed by atoms with Crippen molar-refractivity contribution in [2.24, 2.45) is 0 Å². The second kappa shape index (κ2) is 12.0. The van der Waals surface area contributed by atoms with Crippen LogP contribution in [0.2, 0.25) is 0 Å². The molecule has 34 heavy (non-hydrogen) atoms. The lowest BCUT2D eigenvalue weighted by atomic mass is 10.2. The van der Waals surface area contributed by atoms with Gasteiger partial charge in [-0.1, -0.05) is 41.6 Å². The van der Waals surface area contributed by atoms with E-state index >= 15 is 0 Å². The first-order chi connectivity index (χ1) is 16.4. The lowest BCUT2D eigenvalue weighted by Gasteiger charge is -2.10. The maximum Gasteiger partial charge on any atom is 0.338 e. The summed E-state index contributed by atoms with van der Waals surface area (Å²) in [7, 11) is 0. The number of ether oxygens (including phenoxy) is 2. The van der Waals surface area contributed by atoms with Gasteiger partial charge in [0.15, 0.2) is 11.0 Å². The highest BCUT2D eigenvalue weighted by molar-refractivity contribution is 7.99. The average molecular weight is 481 g/mol. The zero-order chi connectivity index (χ0) is 24.5. The SMILES string of the molecule is C=CCn1c(COc2ccc(C)cc2)nnc1SCC(=O)Nc1cccc(C(=O)OC(C)C)c1. The molecule has 0 unspecified atom stereocenters. The molecule has 1 amide bonds. The van der Waals surface area contributed by atoms with Crippen molar-refractivity contribution in [1.82, 2.24) is 14.8 Å². The summed E-state index contributed by atoms with van der Waals surface area (Å²) in [5, 5.41) is 11.8. The van der Waals surface area contributed by atoms with Crippen LogP contribution in [0.3, 0.4) is 0 Å². The first-order valence-corrected chi connectivity index (χ1v) is 11.8. The summed E-state index contributed by atoms with van der Waals surface area (Å²) >= 11 is 1.26. The lowest BCUT2D eigenvalue weighted by Crippen LogP contribution is -2.16. The molecule has 3 rings (SSSR count). The normalized spacial score (nSPS) is 10.7. The van der Waals surface area contributed by atoms with Gasteiger partial charge in [0.25, 0.3) is 0 Å². The summed E-state index contributed by atoms with van der Waals surface area (Å²) in [6.45, 7) is 10.1. The van der Waals surface area contributed by atoms with Gasteiger partial charge in [0.05, 0.1) is 17.4 Å². The first-order valence-electron chi connectivity index (χ1n) is 10.8. The smallest absolute Gasteiger partial charge is 0.338 e. The Morgan fingerprint density at radius 3 is 2.65 bits per heavy atom. The average Bonchev–Trinajstić information content (AvgIpc) is 3.19. The van der Waals surface area contributed by atoms with Crippen molar-refractivity contribution in [3.05, 3.63) is 78.1 Å². The number of aromatic nitrogens is 3. The summed E-state index contributed by atoms with van der Waals surface area (Å²) in [6.07, 6.45) is 1.52. The van der Waals surface area contributed by atoms with Crippen molar-refractivity contribution in [2.45, 2.75) is 45.2 Å². The third-order valence-corrected chi connectivity index (χ3v) is 5.52. The molecule has 0 aliphatic carbocycles. The third kappa shape index (κ3) is 7.21.